The Morgan fingerprint density at radius 1 is 1.25 bits per heavy atom. The van der Waals surface area contributed by atoms with Crippen LogP contribution in [0.15, 0.2) is 25.3 Å². The highest BCUT2D eigenvalue weighted by atomic mass is 16.5. The summed E-state index contributed by atoms with van der Waals surface area (Å²) in [5.74, 6) is -1.51. The molecule has 0 saturated heterocycles. The van der Waals surface area contributed by atoms with Gasteiger partial charge in [0.25, 0.3) is 0 Å². The van der Waals surface area contributed by atoms with Crippen molar-refractivity contribution in [1.82, 2.24) is 12.3 Å². The molecule has 0 radical (unpaired) electrons. The average Bonchev–Trinajstić information content (AvgIpc) is 2.12. The first-order chi connectivity index (χ1) is 6.58. The Kier molecular flexibility index (Phi) is 28.3. The summed E-state index contributed by atoms with van der Waals surface area (Å²) in [6.07, 6.45) is 2.91. The van der Waals surface area contributed by atoms with Gasteiger partial charge >= 0.3 is 11.9 Å². The minimum absolute atomic E-state index is 0. The minimum atomic E-state index is -0.999. The molecule has 0 spiro atoms. The molecule has 0 aliphatic carbocycles. The van der Waals surface area contributed by atoms with Crippen LogP contribution in [0.1, 0.15) is 19.8 Å². The van der Waals surface area contributed by atoms with E-state index in [1.165, 1.54) is 6.08 Å². The maximum Gasteiger partial charge on any atom is 0.306 e. The van der Waals surface area contributed by atoms with Crippen molar-refractivity contribution >= 4 is 11.9 Å². The highest BCUT2D eigenvalue weighted by Gasteiger charge is 2.04. The smallest absolute Gasteiger partial charge is 0.306 e. The lowest BCUT2D eigenvalue weighted by Crippen LogP contribution is -2.07. The number of carboxylic acids is 1. The van der Waals surface area contributed by atoms with E-state index in [0.717, 1.165) is 0 Å². The number of aliphatic carboxylic acids is 1. The lowest BCUT2D eigenvalue weighted by atomic mass is 10.3. The van der Waals surface area contributed by atoms with Crippen LogP contribution in [-0.2, 0) is 14.3 Å². The molecule has 0 fully saturated rings. The molecule has 6 nitrogen and oxygen atoms in total. The first-order valence-corrected chi connectivity index (χ1v) is 4.13. The predicted molar refractivity (Wildman–Crippen MR) is 63.9 cm³/mol. The number of carboxylic acid groups (broad SMARTS) is 1. The summed E-state index contributed by atoms with van der Waals surface area (Å²) in [6.45, 7) is 8.72. The number of carbonyl (C=O) groups is 2. The molecule has 0 rings (SSSR count). The van der Waals surface area contributed by atoms with Crippen molar-refractivity contribution in [3.8, 4) is 0 Å². The second-order valence-corrected chi connectivity index (χ2v) is 2.27. The quantitative estimate of drug-likeness (QED) is 0.492. The zero-order chi connectivity index (χ0) is 11.4. The summed E-state index contributed by atoms with van der Waals surface area (Å²) in [5, 5.41) is 8.16. The molecular formula is C10H22N2O4. The monoisotopic (exact) mass is 234 g/mol. The Morgan fingerprint density at radius 3 is 2.00 bits per heavy atom. The van der Waals surface area contributed by atoms with Crippen LogP contribution in [0.2, 0.25) is 0 Å². The molecular weight excluding hydrogens is 212 g/mol. The van der Waals surface area contributed by atoms with Crippen LogP contribution in [0.5, 0.6) is 0 Å². The largest absolute Gasteiger partial charge is 0.481 e. The molecule has 0 aromatic carbocycles. The van der Waals surface area contributed by atoms with Gasteiger partial charge in [0.15, 0.2) is 0 Å². The Hall–Kier alpha value is -1.66. The number of carbonyl (C=O) groups excluding carboxylic acids is 1. The van der Waals surface area contributed by atoms with E-state index in [1.54, 1.807) is 6.08 Å². The molecule has 0 aromatic rings. The average molecular weight is 234 g/mol. The third-order valence-electron chi connectivity index (χ3n) is 0.905. The summed E-state index contributed by atoms with van der Waals surface area (Å²) >= 11 is 0. The molecule has 96 valence electrons. The Bertz CT molecular complexity index is 205. The van der Waals surface area contributed by atoms with Gasteiger partial charge in [-0.3, -0.25) is 9.59 Å². The SMILES string of the molecule is C=CC.C=CCOC(=O)CCC(=O)O.N.N. The number of ether oxygens (including phenoxy) is 1. The fraction of sp³-hybridized carbons (Fsp3) is 0.400. The molecule has 0 aliphatic heterocycles. The highest BCUT2D eigenvalue weighted by molar-refractivity contribution is 5.76. The summed E-state index contributed by atoms with van der Waals surface area (Å²) in [6, 6.07) is 0. The van der Waals surface area contributed by atoms with Gasteiger partial charge in [0.05, 0.1) is 12.8 Å². The molecule has 0 heterocycles. The van der Waals surface area contributed by atoms with E-state index in [9.17, 15) is 9.59 Å². The molecule has 7 N–H and O–H groups in total. The molecule has 6 heteroatoms. The summed E-state index contributed by atoms with van der Waals surface area (Å²) in [4.78, 5) is 20.5. The molecule has 0 bridgehead atoms. The molecule has 0 atom stereocenters. The van der Waals surface area contributed by atoms with Crippen molar-refractivity contribution < 1.29 is 19.4 Å². The van der Waals surface area contributed by atoms with Gasteiger partial charge < -0.3 is 22.1 Å². The lowest BCUT2D eigenvalue weighted by Gasteiger charge is -1.98. The van der Waals surface area contributed by atoms with Gasteiger partial charge in [-0.05, 0) is 6.92 Å². The molecule has 0 amide bonds. The van der Waals surface area contributed by atoms with Gasteiger partial charge in [-0.25, -0.2) is 0 Å². The van der Waals surface area contributed by atoms with Crippen molar-refractivity contribution in [2.45, 2.75) is 19.8 Å². The predicted octanol–water partition coefficient (Wildman–Crippen LogP) is 2.10. The summed E-state index contributed by atoms with van der Waals surface area (Å²) < 4.78 is 4.52. The van der Waals surface area contributed by atoms with Gasteiger partial charge in [0.1, 0.15) is 6.61 Å². The van der Waals surface area contributed by atoms with Gasteiger partial charge in [-0.15, -0.1) is 6.58 Å². The van der Waals surface area contributed by atoms with Crippen LogP contribution in [0, 0.1) is 0 Å². The fourth-order valence-corrected chi connectivity index (χ4v) is 0.433. The van der Waals surface area contributed by atoms with E-state index < -0.39 is 11.9 Å². The highest BCUT2D eigenvalue weighted by Crippen LogP contribution is 1.92. The van der Waals surface area contributed by atoms with E-state index in [2.05, 4.69) is 17.9 Å². The van der Waals surface area contributed by atoms with Crippen LogP contribution < -0.4 is 12.3 Å². The minimum Gasteiger partial charge on any atom is -0.481 e. The van der Waals surface area contributed by atoms with Crippen LogP contribution in [-0.4, -0.2) is 23.7 Å². The first-order valence-electron chi connectivity index (χ1n) is 4.13. The van der Waals surface area contributed by atoms with Gasteiger partial charge in [0, 0.05) is 0 Å². The van der Waals surface area contributed by atoms with E-state index in [4.69, 9.17) is 5.11 Å². The summed E-state index contributed by atoms with van der Waals surface area (Å²) in [5.41, 5.74) is 0. The molecule has 0 aliphatic rings. The van der Waals surface area contributed by atoms with E-state index in [0.29, 0.717) is 0 Å². The van der Waals surface area contributed by atoms with Crippen LogP contribution in [0.3, 0.4) is 0 Å². The van der Waals surface area contributed by atoms with Gasteiger partial charge in [-0.1, -0.05) is 18.7 Å². The van der Waals surface area contributed by atoms with E-state index in [1.807, 2.05) is 6.92 Å². The molecule has 0 aromatic heterocycles. The second-order valence-electron chi connectivity index (χ2n) is 2.27. The number of hydrogen-bond donors (Lipinski definition) is 3. The normalized spacial score (nSPS) is 6.81. The van der Waals surface area contributed by atoms with Crippen LogP contribution in [0.25, 0.3) is 0 Å². The zero-order valence-corrected chi connectivity index (χ0v) is 9.78. The van der Waals surface area contributed by atoms with E-state index >= 15 is 0 Å². The third kappa shape index (κ3) is 29.5. The molecule has 0 unspecified atom stereocenters. The van der Waals surface area contributed by atoms with Crippen LogP contribution in [0.4, 0.5) is 0 Å². The van der Waals surface area contributed by atoms with Gasteiger partial charge in [-0.2, -0.15) is 0 Å². The second kappa shape index (κ2) is 19.0. The lowest BCUT2D eigenvalue weighted by molar-refractivity contribution is -0.146. The number of esters is 1. The fourth-order valence-electron chi connectivity index (χ4n) is 0.433. The maximum absolute atomic E-state index is 10.6. The number of allylic oxidation sites excluding steroid dienone is 1. The van der Waals surface area contributed by atoms with E-state index in [-0.39, 0.29) is 31.7 Å². The maximum atomic E-state index is 10.6. The molecule has 0 saturated carbocycles. The zero-order valence-electron chi connectivity index (χ0n) is 9.78. The third-order valence-corrected chi connectivity index (χ3v) is 0.905. The number of hydrogen-bond acceptors (Lipinski definition) is 5. The van der Waals surface area contributed by atoms with Crippen molar-refractivity contribution in [2.24, 2.45) is 0 Å². The van der Waals surface area contributed by atoms with Crippen molar-refractivity contribution in [3.05, 3.63) is 25.3 Å². The van der Waals surface area contributed by atoms with Crippen molar-refractivity contribution in [1.29, 1.82) is 0 Å². The Morgan fingerprint density at radius 2 is 1.69 bits per heavy atom. The molecule has 16 heavy (non-hydrogen) atoms. The first kappa shape index (κ1) is 23.9. The Balaban J connectivity index is -0.000000129. The summed E-state index contributed by atoms with van der Waals surface area (Å²) in [7, 11) is 0. The number of rotatable bonds is 5. The topological polar surface area (TPSA) is 134 Å². The standard InChI is InChI=1S/C7H10O4.C3H6.2H3N/c1-2-5-11-7(10)4-3-6(8)9;1-3-2;;/h2H,1,3-5H2,(H,8,9);3H,1H2,2H3;2*1H3. The van der Waals surface area contributed by atoms with Gasteiger partial charge in [0.2, 0.25) is 0 Å². The van der Waals surface area contributed by atoms with Crippen molar-refractivity contribution in [2.75, 3.05) is 6.61 Å². The van der Waals surface area contributed by atoms with Crippen molar-refractivity contribution in [3.63, 3.8) is 0 Å². The Labute approximate surface area is 96.2 Å². The van der Waals surface area contributed by atoms with Crippen LogP contribution >= 0.6 is 0 Å².